The molecule has 1 aromatic rings. The summed E-state index contributed by atoms with van der Waals surface area (Å²) < 4.78 is 6.27. The van der Waals surface area contributed by atoms with E-state index in [0.29, 0.717) is 36.7 Å². The van der Waals surface area contributed by atoms with Crippen molar-refractivity contribution in [1.29, 1.82) is 0 Å². The van der Waals surface area contributed by atoms with Gasteiger partial charge >= 0.3 is 6.03 Å². The van der Waals surface area contributed by atoms with E-state index in [0.717, 1.165) is 19.3 Å². The highest BCUT2D eigenvalue weighted by atomic mass is 16.5. The van der Waals surface area contributed by atoms with Crippen LogP contribution in [-0.4, -0.2) is 77.3 Å². The summed E-state index contributed by atoms with van der Waals surface area (Å²) in [5, 5.41) is 12.7. The lowest BCUT2D eigenvalue weighted by atomic mass is 9.90. The quantitative estimate of drug-likeness (QED) is 0.605. The number of urea groups is 1. The molecule has 0 radical (unpaired) electrons. The number of rotatable bonds is 6. The van der Waals surface area contributed by atoms with Crippen LogP contribution in [0.1, 0.15) is 75.2 Å². The van der Waals surface area contributed by atoms with Crippen molar-refractivity contribution >= 4 is 11.9 Å². The number of aliphatic hydroxyl groups is 1. The Morgan fingerprint density at radius 3 is 2.80 bits per heavy atom. The Bertz CT molecular complexity index is 935. The van der Waals surface area contributed by atoms with Crippen LogP contribution in [0.3, 0.4) is 0 Å². The van der Waals surface area contributed by atoms with E-state index in [1.165, 1.54) is 19.3 Å². The molecule has 1 aromatic heterocycles. The van der Waals surface area contributed by atoms with Crippen molar-refractivity contribution in [3.63, 3.8) is 0 Å². The van der Waals surface area contributed by atoms with Crippen LogP contribution in [0.5, 0.6) is 5.88 Å². The Labute approximate surface area is 209 Å². The Morgan fingerprint density at radius 1 is 1.37 bits per heavy atom. The maximum atomic E-state index is 13.5. The van der Waals surface area contributed by atoms with Crippen molar-refractivity contribution in [2.75, 3.05) is 33.3 Å². The lowest BCUT2D eigenvalue weighted by molar-refractivity contribution is 0.0352. The van der Waals surface area contributed by atoms with E-state index >= 15 is 0 Å². The molecule has 2 N–H and O–H groups in total. The molecule has 8 nitrogen and oxygen atoms in total. The molecular formula is C27H40N4O4. The molecule has 3 amide bonds. The number of aliphatic hydroxyl groups excluding tert-OH is 1. The molecule has 192 valence electrons. The van der Waals surface area contributed by atoms with Gasteiger partial charge in [0, 0.05) is 43.7 Å². The molecule has 2 heterocycles. The summed E-state index contributed by atoms with van der Waals surface area (Å²) in [7, 11) is 1.73. The molecule has 35 heavy (non-hydrogen) atoms. The van der Waals surface area contributed by atoms with Gasteiger partial charge in [0.05, 0.1) is 19.2 Å². The third-order valence-corrected chi connectivity index (χ3v) is 6.87. The third-order valence-electron chi connectivity index (χ3n) is 6.87. The zero-order valence-electron chi connectivity index (χ0n) is 21.5. The summed E-state index contributed by atoms with van der Waals surface area (Å²) in [6.45, 7) is 7.02. The normalized spacial score (nSPS) is 21.5. The number of carbonyl (C=O) groups is 2. The standard InChI is InChI=1S/C27H40N4O4/c1-5-13-28-27(34)30(4)17-24-19(2)16-31(20(3)18-32)26(33)23-14-22(15-29-25(23)35-24)12-11-21-9-7-6-8-10-21/h14-15,19-21,24,32H,5-10,13,16-18H2,1-4H3,(H,28,34)/t19-,20+,24+/m1/s1. The number of carbonyl (C=O) groups excluding carboxylic acids is 2. The Balaban J connectivity index is 1.89. The molecule has 0 bridgehead atoms. The largest absolute Gasteiger partial charge is 0.472 e. The summed E-state index contributed by atoms with van der Waals surface area (Å²) in [5.41, 5.74) is 1.03. The summed E-state index contributed by atoms with van der Waals surface area (Å²) in [5.74, 6) is 6.89. The molecule has 1 saturated carbocycles. The minimum Gasteiger partial charge on any atom is -0.472 e. The number of aromatic nitrogens is 1. The Morgan fingerprint density at radius 2 is 2.11 bits per heavy atom. The summed E-state index contributed by atoms with van der Waals surface area (Å²) in [6, 6.07) is 1.23. The van der Waals surface area contributed by atoms with Gasteiger partial charge in [-0.2, -0.15) is 0 Å². The summed E-state index contributed by atoms with van der Waals surface area (Å²) >= 11 is 0. The van der Waals surface area contributed by atoms with Gasteiger partial charge in [-0.25, -0.2) is 9.78 Å². The number of hydrogen-bond donors (Lipinski definition) is 2. The van der Waals surface area contributed by atoms with Crippen LogP contribution in [0.4, 0.5) is 4.79 Å². The minimum atomic E-state index is -0.376. The van der Waals surface area contributed by atoms with Crippen LogP contribution in [-0.2, 0) is 0 Å². The van der Waals surface area contributed by atoms with E-state index in [9.17, 15) is 14.7 Å². The van der Waals surface area contributed by atoms with Gasteiger partial charge < -0.3 is 25.0 Å². The summed E-state index contributed by atoms with van der Waals surface area (Å²) in [4.78, 5) is 33.7. The molecule has 2 aliphatic rings. The lowest BCUT2D eigenvalue weighted by Crippen LogP contribution is -2.51. The topological polar surface area (TPSA) is 95.0 Å². The minimum absolute atomic E-state index is 0.0879. The van der Waals surface area contributed by atoms with Gasteiger partial charge in [0.2, 0.25) is 5.88 Å². The SMILES string of the molecule is CCCNC(=O)N(C)C[C@@H]1Oc2ncc(C#CC3CCCCC3)cc2C(=O)N([C@@H](C)CO)C[C@H]1C. The van der Waals surface area contributed by atoms with Crippen molar-refractivity contribution in [3.05, 3.63) is 23.4 Å². The number of likely N-dealkylation sites (N-methyl/N-ethyl adjacent to an activating group) is 1. The van der Waals surface area contributed by atoms with Gasteiger partial charge in [-0.15, -0.1) is 0 Å². The van der Waals surface area contributed by atoms with Gasteiger partial charge in [0.1, 0.15) is 11.7 Å². The zero-order chi connectivity index (χ0) is 25.4. The number of nitrogens with zero attached hydrogens (tertiary/aromatic N) is 3. The number of pyridine rings is 1. The highest BCUT2D eigenvalue weighted by Gasteiger charge is 2.34. The van der Waals surface area contributed by atoms with Gasteiger partial charge in [-0.3, -0.25) is 4.79 Å². The van der Waals surface area contributed by atoms with E-state index in [2.05, 4.69) is 22.1 Å². The molecule has 3 atom stereocenters. The third kappa shape index (κ3) is 7.11. The van der Waals surface area contributed by atoms with Gasteiger partial charge in [-0.1, -0.05) is 45.0 Å². The Kier molecular flexibility index (Phi) is 9.79. The van der Waals surface area contributed by atoms with E-state index in [4.69, 9.17) is 4.74 Å². The monoisotopic (exact) mass is 484 g/mol. The van der Waals surface area contributed by atoms with Crippen molar-refractivity contribution in [2.24, 2.45) is 11.8 Å². The maximum Gasteiger partial charge on any atom is 0.317 e. The molecule has 0 unspecified atom stereocenters. The molecule has 1 fully saturated rings. The van der Waals surface area contributed by atoms with Gasteiger partial charge in [0.25, 0.3) is 5.91 Å². The highest BCUT2D eigenvalue weighted by Crippen LogP contribution is 2.28. The fourth-order valence-corrected chi connectivity index (χ4v) is 4.54. The van der Waals surface area contributed by atoms with Crippen molar-refractivity contribution in [1.82, 2.24) is 20.1 Å². The zero-order valence-corrected chi connectivity index (χ0v) is 21.5. The first kappa shape index (κ1) is 26.8. The predicted molar refractivity (Wildman–Crippen MR) is 135 cm³/mol. The van der Waals surface area contributed by atoms with E-state index in [1.54, 1.807) is 29.1 Å². The first-order valence-electron chi connectivity index (χ1n) is 12.9. The smallest absolute Gasteiger partial charge is 0.317 e. The van der Waals surface area contributed by atoms with Gasteiger partial charge in [-0.05, 0) is 32.3 Å². The predicted octanol–water partition coefficient (Wildman–Crippen LogP) is 3.28. The van der Waals surface area contributed by atoms with Crippen LogP contribution in [0.15, 0.2) is 12.3 Å². The number of fused-ring (bicyclic) bond motifs is 1. The fraction of sp³-hybridized carbons (Fsp3) is 0.667. The molecule has 0 spiro atoms. The van der Waals surface area contributed by atoms with Crippen molar-refractivity contribution in [3.8, 4) is 17.7 Å². The van der Waals surface area contributed by atoms with E-state index < -0.39 is 0 Å². The Hall–Kier alpha value is -2.79. The van der Waals surface area contributed by atoms with Crippen LogP contribution in [0.2, 0.25) is 0 Å². The lowest BCUT2D eigenvalue weighted by Gasteiger charge is -2.37. The second-order valence-electron chi connectivity index (χ2n) is 9.92. The van der Waals surface area contributed by atoms with Crippen LogP contribution >= 0.6 is 0 Å². The van der Waals surface area contributed by atoms with Crippen LogP contribution in [0, 0.1) is 23.7 Å². The molecule has 1 aliphatic heterocycles. The molecule has 3 rings (SSSR count). The first-order valence-corrected chi connectivity index (χ1v) is 12.9. The van der Waals surface area contributed by atoms with Gasteiger partial charge in [0.15, 0.2) is 0 Å². The van der Waals surface area contributed by atoms with Crippen molar-refractivity contribution in [2.45, 2.75) is 71.4 Å². The highest BCUT2D eigenvalue weighted by molar-refractivity contribution is 5.97. The number of nitrogens with one attached hydrogen (secondary N) is 1. The fourth-order valence-electron chi connectivity index (χ4n) is 4.54. The van der Waals surface area contributed by atoms with Crippen LogP contribution in [0.25, 0.3) is 0 Å². The average molecular weight is 485 g/mol. The molecule has 1 aliphatic carbocycles. The van der Waals surface area contributed by atoms with Crippen molar-refractivity contribution < 1.29 is 19.4 Å². The molecule has 0 aromatic carbocycles. The first-order chi connectivity index (χ1) is 16.8. The molecule has 0 saturated heterocycles. The number of amides is 3. The molecular weight excluding hydrogens is 444 g/mol. The van der Waals surface area contributed by atoms with E-state index in [-0.39, 0.29) is 42.5 Å². The number of ether oxygens (including phenoxy) is 1. The molecule has 8 heteroatoms. The second kappa shape index (κ2) is 12.8. The van der Waals surface area contributed by atoms with Crippen LogP contribution < -0.4 is 10.1 Å². The second-order valence-corrected chi connectivity index (χ2v) is 9.92. The number of hydrogen-bond acceptors (Lipinski definition) is 5. The van der Waals surface area contributed by atoms with E-state index in [1.807, 2.05) is 20.8 Å². The summed E-state index contributed by atoms with van der Waals surface area (Å²) in [6.07, 6.45) is 8.08. The maximum absolute atomic E-state index is 13.5. The average Bonchev–Trinajstić information content (AvgIpc) is 2.88.